The van der Waals surface area contributed by atoms with Crippen molar-refractivity contribution in [3.63, 3.8) is 0 Å². The number of hydrogen-bond acceptors (Lipinski definition) is 4. The molecule has 0 aromatic carbocycles. The van der Waals surface area contributed by atoms with Gasteiger partial charge in [0.25, 0.3) is 0 Å². The van der Waals surface area contributed by atoms with Crippen LogP contribution in [0.25, 0.3) is 0 Å². The molecule has 1 aromatic heterocycles. The molecule has 0 aliphatic carbocycles. The largest absolute Gasteiger partial charge is 0.373 e. The van der Waals surface area contributed by atoms with Crippen LogP contribution in [0.15, 0.2) is 6.07 Å². The van der Waals surface area contributed by atoms with Crippen LogP contribution in [0.4, 0.5) is 11.6 Å². The molecule has 2 rings (SSSR count). The molecule has 2 heterocycles. The number of hydrogen-bond donors (Lipinski definition) is 1. The van der Waals surface area contributed by atoms with Crippen molar-refractivity contribution in [1.29, 1.82) is 0 Å². The lowest BCUT2D eigenvalue weighted by atomic mass is 10.0. The van der Waals surface area contributed by atoms with E-state index in [0.29, 0.717) is 5.92 Å². The molecule has 100 valence electrons. The van der Waals surface area contributed by atoms with Gasteiger partial charge in [0.05, 0.1) is 0 Å². The van der Waals surface area contributed by atoms with Crippen LogP contribution in [0.3, 0.4) is 0 Å². The van der Waals surface area contributed by atoms with Gasteiger partial charge in [-0.1, -0.05) is 27.7 Å². The molecule has 1 N–H and O–H groups in total. The smallest absolute Gasteiger partial charge is 0.135 e. The Balaban J connectivity index is 2.30. The van der Waals surface area contributed by atoms with Gasteiger partial charge >= 0.3 is 0 Å². The maximum Gasteiger partial charge on any atom is 0.135 e. The predicted octanol–water partition coefficient (Wildman–Crippen LogP) is 2.73. The average molecular weight is 248 g/mol. The van der Waals surface area contributed by atoms with Crippen LogP contribution >= 0.6 is 0 Å². The second-order valence-electron chi connectivity index (χ2n) is 5.73. The Morgan fingerprint density at radius 2 is 1.83 bits per heavy atom. The van der Waals surface area contributed by atoms with Gasteiger partial charge in [0.1, 0.15) is 17.5 Å². The number of anilines is 2. The Morgan fingerprint density at radius 1 is 1.22 bits per heavy atom. The lowest BCUT2D eigenvalue weighted by Gasteiger charge is -2.19. The van der Waals surface area contributed by atoms with Gasteiger partial charge in [-0.2, -0.15) is 0 Å². The summed E-state index contributed by atoms with van der Waals surface area (Å²) in [5.74, 6) is 4.73. The maximum absolute atomic E-state index is 4.71. The molecule has 1 aromatic rings. The van der Waals surface area contributed by atoms with E-state index in [1.165, 1.54) is 0 Å². The van der Waals surface area contributed by atoms with Gasteiger partial charge in [-0.3, -0.25) is 0 Å². The highest BCUT2D eigenvalue weighted by atomic mass is 15.2. The van der Waals surface area contributed by atoms with Crippen molar-refractivity contribution in [2.45, 2.75) is 33.6 Å². The normalized spacial score (nSPS) is 23.8. The Kier molecular flexibility index (Phi) is 3.73. The van der Waals surface area contributed by atoms with E-state index in [4.69, 9.17) is 4.98 Å². The predicted molar refractivity (Wildman–Crippen MR) is 76.2 cm³/mol. The first kappa shape index (κ1) is 13.1. The molecular weight excluding hydrogens is 224 g/mol. The third kappa shape index (κ3) is 2.57. The fourth-order valence-electron chi connectivity index (χ4n) is 2.32. The molecule has 1 aliphatic heterocycles. The number of aromatic nitrogens is 2. The fourth-order valence-corrected chi connectivity index (χ4v) is 2.32. The first-order valence-electron chi connectivity index (χ1n) is 6.83. The van der Waals surface area contributed by atoms with Crippen molar-refractivity contribution < 1.29 is 0 Å². The monoisotopic (exact) mass is 248 g/mol. The third-order valence-electron chi connectivity index (χ3n) is 3.81. The molecule has 1 aliphatic rings. The van der Waals surface area contributed by atoms with E-state index in [1.807, 2.05) is 7.05 Å². The standard InChI is InChI=1S/C14H24N4/c1-9(2)14-16-12(15-5)6-13(17-14)18-7-10(3)11(4)8-18/h6,9-11H,7-8H2,1-5H3,(H,15,16,17). The number of nitrogens with zero attached hydrogens (tertiary/aromatic N) is 3. The first-order chi connectivity index (χ1) is 8.51. The lowest BCUT2D eigenvalue weighted by Crippen LogP contribution is -2.22. The molecule has 4 nitrogen and oxygen atoms in total. The highest BCUT2D eigenvalue weighted by Crippen LogP contribution is 2.28. The molecule has 2 unspecified atom stereocenters. The molecule has 4 heteroatoms. The minimum absolute atomic E-state index is 0.356. The molecule has 2 atom stereocenters. The van der Waals surface area contributed by atoms with E-state index in [0.717, 1.165) is 42.4 Å². The van der Waals surface area contributed by atoms with Crippen molar-refractivity contribution >= 4 is 11.6 Å². The molecule has 0 spiro atoms. The van der Waals surface area contributed by atoms with Crippen LogP contribution in [0, 0.1) is 11.8 Å². The Hall–Kier alpha value is -1.32. The van der Waals surface area contributed by atoms with Crippen molar-refractivity contribution in [2.75, 3.05) is 30.4 Å². The van der Waals surface area contributed by atoms with Crippen LogP contribution in [-0.2, 0) is 0 Å². The Bertz CT molecular complexity index is 406. The zero-order chi connectivity index (χ0) is 13.3. The Morgan fingerprint density at radius 3 is 2.33 bits per heavy atom. The SMILES string of the molecule is CNc1cc(N2CC(C)C(C)C2)nc(C(C)C)n1. The van der Waals surface area contributed by atoms with E-state index >= 15 is 0 Å². The van der Waals surface area contributed by atoms with Crippen LogP contribution in [0.5, 0.6) is 0 Å². The summed E-state index contributed by atoms with van der Waals surface area (Å²) in [6, 6.07) is 2.05. The lowest BCUT2D eigenvalue weighted by molar-refractivity contribution is 0.494. The van der Waals surface area contributed by atoms with Crippen molar-refractivity contribution in [3.8, 4) is 0 Å². The Labute approximate surface area is 110 Å². The summed E-state index contributed by atoms with van der Waals surface area (Å²) < 4.78 is 0. The summed E-state index contributed by atoms with van der Waals surface area (Å²) in [6.07, 6.45) is 0. The van der Waals surface area contributed by atoms with Gasteiger partial charge < -0.3 is 10.2 Å². The molecule has 0 amide bonds. The van der Waals surface area contributed by atoms with Gasteiger partial charge in [0, 0.05) is 32.1 Å². The highest BCUT2D eigenvalue weighted by Gasteiger charge is 2.27. The fraction of sp³-hybridized carbons (Fsp3) is 0.714. The summed E-state index contributed by atoms with van der Waals surface area (Å²) >= 11 is 0. The van der Waals surface area contributed by atoms with E-state index in [2.05, 4.69) is 49.0 Å². The zero-order valence-corrected chi connectivity index (χ0v) is 12.1. The van der Waals surface area contributed by atoms with Crippen LogP contribution in [-0.4, -0.2) is 30.1 Å². The molecule has 1 fully saturated rings. The van der Waals surface area contributed by atoms with Crippen molar-refractivity contribution in [3.05, 3.63) is 11.9 Å². The molecule has 0 radical (unpaired) electrons. The van der Waals surface area contributed by atoms with Crippen LogP contribution in [0.1, 0.15) is 39.4 Å². The van der Waals surface area contributed by atoms with E-state index in [1.54, 1.807) is 0 Å². The van der Waals surface area contributed by atoms with Gasteiger partial charge in [-0.15, -0.1) is 0 Å². The maximum atomic E-state index is 4.71. The van der Waals surface area contributed by atoms with E-state index in [9.17, 15) is 0 Å². The quantitative estimate of drug-likeness (QED) is 0.893. The summed E-state index contributed by atoms with van der Waals surface area (Å²) in [4.78, 5) is 11.6. The molecule has 0 bridgehead atoms. The first-order valence-corrected chi connectivity index (χ1v) is 6.83. The molecule has 0 saturated carbocycles. The van der Waals surface area contributed by atoms with Crippen LogP contribution in [0.2, 0.25) is 0 Å². The molecule has 18 heavy (non-hydrogen) atoms. The minimum Gasteiger partial charge on any atom is -0.373 e. The third-order valence-corrected chi connectivity index (χ3v) is 3.81. The second kappa shape index (κ2) is 5.12. The topological polar surface area (TPSA) is 41.0 Å². The summed E-state index contributed by atoms with van der Waals surface area (Å²) in [7, 11) is 1.91. The average Bonchev–Trinajstić information content (AvgIpc) is 2.69. The van der Waals surface area contributed by atoms with Gasteiger partial charge in [-0.25, -0.2) is 9.97 Å². The number of nitrogens with one attached hydrogen (secondary N) is 1. The summed E-state index contributed by atoms with van der Waals surface area (Å²) in [5.41, 5.74) is 0. The second-order valence-corrected chi connectivity index (χ2v) is 5.73. The highest BCUT2D eigenvalue weighted by molar-refractivity contribution is 5.50. The summed E-state index contributed by atoms with van der Waals surface area (Å²) in [5, 5.41) is 3.13. The van der Waals surface area contributed by atoms with Crippen molar-refractivity contribution in [1.82, 2.24) is 9.97 Å². The molecule has 1 saturated heterocycles. The number of rotatable bonds is 3. The van der Waals surface area contributed by atoms with Gasteiger partial charge in [0.15, 0.2) is 0 Å². The summed E-state index contributed by atoms with van der Waals surface area (Å²) in [6.45, 7) is 11.1. The van der Waals surface area contributed by atoms with E-state index < -0.39 is 0 Å². The zero-order valence-electron chi connectivity index (χ0n) is 12.1. The van der Waals surface area contributed by atoms with Gasteiger partial charge in [0.2, 0.25) is 0 Å². The minimum atomic E-state index is 0.356. The van der Waals surface area contributed by atoms with Crippen molar-refractivity contribution in [2.24, 2.45) is 11.8 Å². The van der Waals surface area contributed by atoms with Gasteiger partial charge in [-0.05, 0) is 11.8 Å². The van der Waals surface area contributed by atoms with E-state index in [-0.39, 0.29) is 0 Å². The molecular formula is C14H24N4. The van der Waals surface area contributed by atoms with Crippen LogP contribution < -0.4 is 10.2 Å².